The van der Waals surface area contributed by atoms with Crippen LogP contribution in [0.1, 0.15) is 17.2 Å². The molecule has 1 nitrogen and oxygen atoms in total. The monoisotopic (exact) mass is 241 g/mol. The summed E-state index contributed by atoms with van der Waals surface area (Å²) < 4.78 is 0. The molecule has 0 amide bonds. The standard InChI is InChI=1S/C15H19NSi/c1-17(2,3)11-9-14-15-13-7-5-4-6-12(13)8-10-16(14)15/h4-7,14-15H,8,10H2,1-3H3/t14-,15+,16?/m1/s1. The molecule has 1 saturated heterocycles. The minimum Gasteiger partial charge on any atom is -0.278 e. The van der Waals surface area contributed by atoms with Gasteiger partial charge in [-0.1, -0.05) is 49.8 Å². The zero-order chi connectivity index (χ0) is 12.0. The van der Waals surface area contributed by atoms with Crippen LogP contribution in [-0.2, 0) is 6.42 Å². The summed E-state index contributed by atoms with van der Waals surface area (Å²) in [6.45, 7) is 8.13. The lowest BCUT2D eigenvalue weighted by atomic mass is 9.99. The fraction of sp³-hybridized carbons (Fsp3) is 0.467. The topological polar surface area (TPSA) is 3.01 Å². The molecule has 0 spiro atoms. The van der Waals surface area contributed by atoms with Crippen molar-refractivity contribution in [2.75, 3.05) is 6.54 Å². The van der Waals surface area contributed by atoms with Crippen molar-refractivity contribution < 1.29 is 0 Å². The predicted octanol–water partition coefficient (Wildman–Crippen LogP) is 2.85. The number of hydrogen-bond donors (Lipinski definition) is 0. The molecule has 88 valence electrons. The predicted molar refractivity (Wildman–Crippen MR) is 74.5 cm³/mol. The zero-order valence-electron chi connectivity index (χ0n) is 10.8. The van der Waals surface area contributed by atoms with Crippen molar-refractivity contribution in [2.45, 2.75) is 38.1 Å². The van der Waals surface area contributed by atoms with Crippen LogP contribution in [0, 0.1) is 11.5 Å². The highest BCUT2D eigenvalue weighted by Gasteiger charge is 2.50. The molecule has 1 aromatic rings. The van der Waals surface area contributed by atoms with Gasteiger partial charge in [-0.15, -0.1) is 5.54 Å². The van der Waals surface area contributed by atoms with Crippen LogP contribution in [0.15, 0.2) is 24.3 Å². The molecule has 2 heterocycles. The Bertz CT molecular complexity index is 504. The van der Waals surface area contributed by atoms with Gasteiger partial charge < -0.3 is 0 Å². The molecule has 0 N–H and O–H groups in total. The van der Waals surface area contributed by atoms with E-state index in [1.165, 1.54) is 24.1 Å². The Kier molecular flexibility index (Phi) is 2.43. The molecule has 2 aliphatic heterocycles. The molecule has 0 radical (unpaired) electrons. The number of benzene rings is 1. The maximum atomic E-state index is 3.52. The van der Waals surface area contributed by atoms with Crippen molar-refractivity contribution in [3.63, 3.8) is 0 Å². The summed E-state index contributed by atoms with van der Waals surface area (Å²) in [6.07, 6.45) is 1.19. The summed E-state index contributed by atoms with van der Waals surface area (Å²) in [7, 11) is -1.22. The van der Waals surface area contributed by atoms with Crippen LogP contribution in [0.4, 0.5) is 0 Å². The third-order valence-corrected chi connectivity index (χ3v) is 4.43. The van der Waals surface area contributed by atoms with Crippen molar-refractivity contribution >= 4 is 8.07 Å². The van der Waals surface area contributed by atoms with E-state index < -0.39 is 8.07 Å². The second-order valence-corrected chi connectivity index (χ2v) is 10.8. The van der Waals surface area contributed by atoms with Gasteiger partial charge in [-0.05, 0) is 17.5 Å². The summed E-state index contributed by atoms with van der Waals surface area (Å²) in [6, 6.07) is 9.97. The van der Waals surface area contributed by atoms with Crippen molar-refractivity contribution in [1.82, 2.24) is 4.90 Å². The van der Waals surface area contributed by atoms with Crippen molar-refractivity contribution in [3.8, 4) is 11.5 Å². The number of hydrogen-bond acceptors (Lipinski definition) is 1. The average Bonchev–Trinajstić information content (AvgIpc) is 2.99. The minimum absolute atomic E-state index is 0.505. The van der Waals surface area contributed by atoms with Crippen molar-refractivity contribution in [3.05, 3.63) is 35.4 Å². The molecular formula is C15H19NSi. The third kappa shape index (κ3) is 2.05. The van der Waals surface area contributed by atoms with Gasteiger partial charge in [0.15, 0.2) is 0 Å². The summed E-state index contributed by atoms with van der Waals surface area (Å²) >= 11 is 0. The molecule has 1 fully saturated rings. The lowest BCUT2D eigenvalue weighted by Gasteiger charge is -2.14. The molecule has 0 bridgehead atoms. The fourth-order valence-corrected chi connectivity index (χ4v) is 3.24. The van der Waals surface area contributed by atoms with E-state index in [4.69, 9.17) is 0 Å². The van der Waals surface area contributed by atoms with Gasteiger partial charge in [0.25, 0.3) is 0 Å². The lowest BCUT2D eigenvalue weighted by molar-refractivity contribution is 0.482. The highest BCUT2D eigenvalue weighted by molar-refractivity contribution is 6.83. The summed E-state index contributed by atoms with van der Waals surface area (Å²) in [5.74, 6) is 3.52. The molecular weight excluding hydrogens is 222 g/mol. The van der Waals surface area contributed by atoms with E-state index in [1.54, 1.807) is 0 Å². The zero-order valence-corrected chi connectivity index (χ0v) is 11.8. The van der Waals surface area contributed by atoms with Crippen LogP contribution < -0.4 is 0 Å². The first-order valence-electron chi connectivity index (χ1n) is 6.42. The van der Waals surface area contributed by atoms with Gasteiger partial charge in [-0.2, -0.15) is 0 Å². The van der Waals surface area contributed by atoms with E-state index in [9.17, 15) is 0 Å². The Morgan fingerprint density at radius 2 is 2.00 bits per heavy atom. The van der Waals surface area contributed by atoms with Gasteiger partial charge in [0.1, 0.15) is 8.07 Å². The van der Waals surface area contributed by atoms with Crippen LogP contribution in [0.25, 0.3) is 0 Å². The Labute approximate surface area is 105 Å². The quantitative estimate of drug-likeness (QED) is 0.383. The molecule has 1 aromatic carbocycles. The first kappa shape index (κ1) is 11.1. The van der Waals surface area contributed by atoms with Gasteiger partial charge in [0.2, 0.25) is 0 Å². The van der Waals surface area contributed by atoms with Gasteiger partial charge in [-0.25, -0.2) is 0 Å². The van der Waals surface area contributed by atoms with Gasteiger partial charge in [0, 0.05) is 6.54 Å². The number of rotatable bonds is 0. The maximum Gasteiger partial charge on any atom is 0.129 e. The van der Waals surface area contributed by atoms with Gasteiger partial charge >= 0.3 is 0 Å². The third-order valence-electron chi connectivity index (χ3n) is 3.53. The molecule has 17 heavy (non-hydrogen) atoms. The summed E-state index contributed by atoms with van der Waals surface area (Å²) in [5, 5.41) is 0. The Morgan fingerprint density at radius 3 is 2.76 bits per heavy atom. The van der Waals surface area contributed by atoms with E-state index in [0.29, 0.717) is 12.1 Å². The number of fused-ring (bicyclic) bond motifs is 3. The smallest absolute Gasteiger partial charge is 0.129 e. The summed E-state index contributed by atoms with van der Waals surface area (Å²) in [5.41, 5.74) is 6.57. The molecule has 0 saturated carbocycles. The van der Waals surface area contributed by atoms with Crippen LogP contribution in [0.5, 0.6) is 0 Å². The van der Waals surface area contributed by atoms with Crippen molar-refractivity contribution in [2.24, 2.45) is 0 Å². The van der Waals surface area contributed by atoms with Crippen molar-refractivity contribution in [1.29, 1.82) is 0 Å². The Morgan fingerprint density at radius 1 is 1.24 bits per heavy atom. The molecule has 3 rings (SSSR count). The van der Waals surface area contributed by atoms with E-state index in [1.807, 2.05) is 0 Å². The molecule has 0 aromatic heterocycles. The largest absolute Gasteiger partial charge is 0.278 e. The minimum atomic E-state index is -1.22. The fourth-order valence-electron chi connectivity index (χ4n) is 2.66. The van der Waals surface area contributed by atoms with Crippen LogP contribution >= 0.6 is 0 Å². The Hall–Kier alpha value is -1.04. The Balaban J connectivity index is 1.85. The van der Waals surface area contributed by atoms with Gasteiger partial charge in [0.05, 0.1) is 12.1 Å². The van der Waals surface area contributed by atoms with E-state index >= 15 is 0 Å². The SMILES string of the molecule is C[Si](C)(C)C#C[C@@H]1[C@@H]2c3ccccc3CCN12. The van der Waals surface area contributed by atoms with Crippen LogP contribution in [-0.4, -0.2) is 25.6 Å². The highest BCUT2D eigenvalue weighted by Crippen LogP contribution is 2.47. The van der Waals surface area contributed by atoms with E-state index in [2.05, 4.69) is 60.3 Å². The molecule has 3 atom stereocenters. The first-order chi connectivity index (χ1) is 8.06. The average molecular weight is 241 g/mol. The van der Waals surface area contributed by atoms with E-state index in [0.717, 1.165) is 0 Å². The molecule has 0 aliphatic carbocycles. The second-order valence-electron chi connectivity index (χ2n) is 6.10. The molecule has 2 heteroatoms. The van der Waals surface area contributed by atoms with Crippen LogP contribution in [0.2, 0.25) is 19.6 Å². The molecule has 2 aliphatic rings. The second kappa shape index (κ2) is 3.73. The van der Waals surface area contributed by atoms with E-state index in [-0.39, 0.29) is 0 Å². The van der Waals surface area contributed by atoms with Gasteiger partial charge in [-0.3, -0.25) is 4.90 Å². The lowest BCUT2D eigenvalue weighted by Crippen LogP contribution is -2.17. The normalized spacial score (nSPS) is 29.7. The number of nitrogens with zero attached hydrogens (tertiary/aromatic N) is 1. The molecule has 1 unspecified atom stereocenters. The first-order valence-corrected chi connectivity index (χ1v) is 9.92. The maximum absolute atomic E-state index is 3.52. The summed E-state index contributed by atoms with van der Waals surface area (Å²) in [4.78, 5) is 2.54. The van der Waals surface area contributed by atoms with Crippen LogP contribution in [0.3, 0.4) is 0 Å². The highest BCUT2D eigenvalue weighted by atomic mass is 28.3.